The van der Waals surface area contributed by atoms with Crippen molar-refractivity contribution in [2.45, 2.75) is 44.7 Å². The van der Waals surface area contributed by atoms with E-state index in [2.05, 4.69) is 5.32 Å². The summed E-state index contributed by atoms with van der Waals surface area (Å²) in [5.74, 6) is -0.332. The predicted molar refractivity (Wildman–Crippen MR) is 106 cm³/mol. The van der Waals surface area contributed by atoms with Crippen LogP contribution in [0, 0.1) is 6.92 Å². The summed E-state index contributed by atoms with van der Waals surface area (Å²) in [7, 11) is 0. The van der Waals surface area contributed by atoms with Gasteiger partial charge in [-0.05, 0) is 43.4 Å². The normalized spacial score (nSPS) is 19.1. The zero-order chi connectivity index (χ0) is 19.7. The number of hydrogen-bond acceptors (Lipinski definition) is 3. The third kappa shape index (κ3) is 3.86. The Morgan fingerprint density at radius 3 is 2.61 bits per heavy atom. The largest absolute Gasteiger partial charge is 0.347 e. The number of benzene rings is 1. The Balaban J connectivity index is 1.40. The number of carbonyl (C=O) groups is 2. The molecule has 1 aliphatic carbocycles. The van der Waals surface area contributed by atoms with Gasteiger partial charge in [0.15, 0.2) is 0 Å². The number of pyridine rings is 1. The van der Waals surface area contributed by atoms with Gasteiger partial charge in [-0.3, -0.25) is 14.4 Å². The number of nitrogens with one attached hydrogen (secondary N) is 1. The number of aryl methyl sites for hydroxylation is 1. The Kier molecular flexibility index (Phi) is 5.03. The van der Waals surface area contributed by atoms with E-state index in [9.17, 15) is 14.4 Å². The van der Waals surface area contributed by atoms with Crippen molar-refractivity contribution in [2.24, 2.45) is 0 Å². The van der Waals surface area contributed by atoms with E-state index in [1.165, 1.54) is 5.56 Å². The molecule has 2 fully saturated rings. The van der Waals surface area contributed by atoms with E-state index < -0.39 is 0 Å². The number of carbonyl (C=O) groups excluding carboxylic acids is 2. The van der Waals surface area contributed by atoms with Gasteiger partial charge in [0, 0.05) is 31.7 Å². The molecular weight excluding hydrogens is 354 g/mol. The molecule has 2 amide bonds. The zero-order valence-corrected chi connectivity index (χ0v) is 16.1. The first-order valence-electron chi connectivity index (χ1n) is 9.87. The van der Waals surface area contributed by atoms with E-state index in [1.807, 2.05) is 36.4 Å². The van der Waals surface area contributed by atoms with Crippen molar-refractivity contribution in [2.75, 3.05) is 13.1 Å². The van der Waals surface area contributed by atoms with E-state index in [-0.39, 0.29) is 41.4 Å². The average Bonchev–Trinajstić information content (AvgIpc) is 3.45. The van der Waals surface area contributed by atoms with E-state index >= 15 is 0 Å². The molecule has 1 saturated heterocycles. The third-order valence-electron chi connectivity index (χ3n) is 5.56. The molecule has 0 radical (unpaired) electrons. The highest BCUT2D eigenvalue weighted by atomic mass is 16.2. The van der Waals surface area contributed by atoms with Crippen LogP contribution in [0.2, 0.25) is 0 Å². The minimum Gasteiger partial charge on any atom is -0.347 e. The van der Waals surface area contributed by atoms with Crippen molar-refractivity contribution in [1.82, 2.24) is 14.8 Å². The minimum atomic E-state index is -0.375. The van der Waals surface area contributed by atoms with Gasteiger partial charge in [-0.1, -0.05) is 30.3 Å². The second kappa shape index (κ2) is 7.62. The van der Waals surface area contributed by atoms with E-state index in [0.717, 1.165) is 19.3 Å². The second-order valence-electron chi connectivity index (χ2n) is 7.77. The van der Waals surface area contributed by atoms with Crippen LogP contribution in [0.3, 0.4) is 0 Å². The van der Waals surface area contributed by atoms with Crippen molar-refractivity contribution in [1.29, 1.82) is 0 Å². The second-order valence-corrected chi connectivity index (χ2v) is 7.77. The molecule has 4 rings (SSSR count). The lowest BCUT2D eigenvalue weighted by Crippen LogP contribution is -2.41. The molecule has 0 spiro atoms. The number of hydrogen-bond donors (Lipinski definition) is 1. The van der Waals surface area contributed by atoms with Crippen LogP contribution in [-0.4, -0.2) is 40.4 Å². The van der Waals surface area contributed by atoms with Gasteiger partial charge < -0.3 is 14.8 Å². The summed E-state index contributed by atoms with van der Waals surface area (Å²) in [5.41, 5.74) is 1.82. The number of amides is 2. The molecule has 28 heavy (non-hydrogen) atoms. The van der Waals surface area contributed by atoms with E-state index in [1.54, 1.807) is 22.6 Å². The summed E-state index contributed by atoms with van der Waals surface area (Å²) in [5, 5.41) is 2.91. The fraction of sp³-hybridized carbons (Fsp3) is 0.409. The fourth-order valence-electron chi connectivity index (χ4n) is 3.81. The summed E-state index contributed by atoms with van der Waals surface area (Å²) in [6.45, 7) is 2.90. The standard InChI is InChI=1S/C22H25N3O3/c1-15-9-12-25(18-7-8-18)22(28)20(15)21(27)23-17-13-19(26)24(14-17)11-10-16-5-3-2-4-6-16/h2-6,9,12,17-18H,7-8,10-11,13-14H2,1H3,(H,23,27). The van der Waals surface area contributed by atoms with Gasteiger partial charge in [0.25, 0.3) is 11.5 Å². The van der Waals surface area contributed by atoms with Crippen molar-refractivity contribution in [3.05, 3.63) is 69.6 Å². The van der Waals surface area contributed by atoms with Crippen LogP contribution in [0.15, 0.2) is 47.4 Å². The molecule has 2 heterocycles. The zero-order valence-electron chi connectivity index (χ0n) is 16.1. The van der Waals surface area contributed by atoms with E-state index in [4.69, 9.17) is 0 Å². The lowest BCUT2D eigenvalue weighted by Gasteiger charge is -2.17. The van der Waals surface area contributed by atoms with Crippen molar-refractivity contribution < 1.29 is 9.59 Å². The van der Waals surface area contributed by atoms with Gasteiger partial charge in [0.05, 0.1) is 6.04 Å². The molecule has 0 bridgehead atoms. The number of nitrogens with zero attached hydrogens (tertiary/aromatic N) is 2. The van der Waals surface area contributed by atoms with Crippen LogP contribution in [-0.2, 0) is 11.2 Å². The Hall–Kier alpha value is -2.89. The summed E-state index contributed by atoms with van der Waals surface area (Å²) in [4.78, 5) is 39.6. The topological polar surface area (TPSA) is 71.4 Å². The van der Waals surface area contributed by atoms with Crippen molar-refractivity contribution >= 4 is 11.8 Å². The van der Waals surface area contributed by atoms with Gasteiger partial charge in [-0.25, -0.2) is 0 Å². The third-order valence-corrected chi connectivity index (χ3v) is 5.56. The molecule has 146 valence electrons. The van der Waals surface area contributed by atoms with Crippen LogP contribution in [0.5, 0.6) is 0 Å². The highest BCUT2D eigenvalue weighted by Gasteiger charge is 2.32. The van der Waals surface area contributed by atoms with Gasteiger partial charge in [-0.15, -0.1) is 0 Å². The Morgan fingerprint density at radius 2 is 1.89 bits per heavy atom. The van der Waals surface area contributed by atoms with Crippen LogP contribution in [0.25, 0.3) is 0 Å². The number of likely N-dealkylation sites (tertiary alicyclic amines) is 1. The average molecular weight is 379 g/mol. The van der Waals surface area contributed by atoms with Crippen LogP contribution in [0.1, 0.15) is 46.8 Å². The summed E-state index contributed by atoms with van der Waals surface area (Å²) < 4.78 is 1.66. The highest BCUT2D eigenvalue weighted by molar-refractivity contribution is 5.96. The molecular formula is C22H25N3O3. The van der Waals surface area contributed by atoms with Gasteiger partial charge in [-0.2, -0.15) is 0 Å². The first-order chi connectivity index (χ1) is 13.5. The van der Waals surface area contributed by atoms with E-state index in [0.29, 0.717) is 18.7 Å². The number of rotatable bonds is 6. The first kappa shape index (κ1) is 18.5. The quantitative estimate of drug-likeness (QED) is 0.835. The van der Waals surface area contributed by atoms with Gasteiger partial charge in [0.1, 0.15) is 5.56 Å². The first-order valence-corrected chi connectivity index (χ1v) is 9.87. The molecule has 1 saturated carbocycles. The molecule has 1 aromatic carbocycles. The summed E-state index contributed by atoms with van der Waals surface area (Å²) >= 11 is 0. The maximum absolute atomic E-state index is 12.8. The minimum absolute atomic E-state index is 0.0430. The lowest BCUT2D eigenvalue weighted by molar-refractivity contribution is -0.127. The molecule has 1 unspecified atom stereocenters. The molecule has 1 atom stereocenters. The molecule has 6 nitrogen and oxygen atoms in total. The summed E-state index contributed by atoms with van der Waals surface area (Å²) in [6.07, 6.45) is 4.81. The SMILES string of the molecule is Cc1ccn(C2CC2)c(=O)c1C(=O)NC1CC(=O)N(CCc2ccccc2)C1. The molecule has 1 aliphatic heterocycles. The molecule has 2 aromatic rings. The smallest absolute Gasteiger partial charge is 0.263 e. The maximum atomic E-state index is 12.8. The molecule has 2 aliphatic rings. The van der Waals surface area contributed by atoms with Crippen molar-refractivity contribution in [3.8, 4) is 0 Å². The van der Waals surface area contributed by atoms with Crippen LogP contribution < -0.4 is 10.9 Å². The van der Waals surface area contributed by atoms with Crippen molar-refractivity contribution in [3.63, 3.8) is 0 Å². The Bertz CT molecular complexity index is 947. The maximum Gasteiger partial charge on any atom is 0.263 e. The van der Waals surface area contributed by atoms with Gasteiger partial charge in [0.2, 0.25) is 5.91 Å². The fourth-order valence-corrected chi connectivity index (χ4v) is 3.81. The monoisotopic (exact) mass is 379 g/mol. The van der Waals surface area contributed by atoms with Gasteiger partial charge >= 0.3 is 0 Å². The van der Waals surface area contributed by atoms with Crippen LogP contribution in [0.4, 0.5) is 0 Å². The lowest BCUT2D eigenvalue weighted by atomic mass is 10.1. The Morgan fingerprint density at radius 1 is 1.14 bits per heavy atom. The Labute approximate surface area is 164 Å². The predicted octanol–water partition coefficient (Wildman–Crippen LogP) is 2.07. The molecule has 1 N–H and O–H groups in total. The molecule has 1 aromatic heterocycles. The molecule has 6 heteroatoms. The highest BCUT2D eigenvalue weighted by Crippen LogP contribution is 2.33. The number of aromatic nitrogens is 1. The summed E-state index contributed by atoms with van der Waals surface area (Å²) in [6, 6.07) is 11.8. The van der Waals surface area contributed by atoms with Crippen LogP contribution >= 0.6 is 0 Å².